The molecule has 1 aliphatic rings. The molecule has 3 aromatic rings. The second-order valence-corrected chi connectivity index (χ2v) is 9.17. The number of aromatic nitrogens is 2. The van der Waals surface area contributed by atoms with Gasteiger partial charge in [0, 0.05) is 42.6 Å². The van der Waals surface area contributed by atoms with Crippen molar-refractivity contribution in [3.63, 3.8) is 0 Å². The number of anilines is 4. The van der Waals surface area contributed by atoms with E-state index in [1.165, 1.54) is 6.92 Å². The maximum atomic E-state index is 12.0. The van der Waals surface area contributed by atoms with Gasteiger partial charge < -0.3 is 25.8 Å². The first kappa shape index (κ1) is 23.8. The van der Waals surface area contributed by atoms with Gasteiger partial charge in [0.15, 0.2) is 11.1 Å². The van der Waals surface area contributed by atoms with Crippen LogP contribution in [-0.4, -0.2) is 31.2 Å². The Morgan fingerprint density at radius 2 is 2.03 bits per heavy atom. The van der Waals surface area contributed by atoms with E-state index in [0.29, 0.717) is 28.9 Å². The molecule has 2 aromatic carbocycles. The molecule has 0 saturated carbocycles. The number of hydrogen-bond acceptors (Lipinski definition) is 7. The van der Waals surface area contributed by atoms with E-state index >= 15 is 0 Å². The van der Waals surface area contributed by atoms with Crippen molar-refractivity contribution in [3.8, 4) is 0 Å². The van der Waals surface area contributed by atoms with Crippen molar-refractivity contribution in [3.05, 3.63) is 65.4 Å². The smallest absolute Gasteiger partial charge is 0.229 e. The highest BCUT2D eigenvalue weighted by molar-refractivity contribution is 7.79. The number of nitrogens with zero attached hydrogens (tertiary/aromatic N) is 2. The summed E-state index contributed by atoms with van der Waals surface area (Å²) < 4.78 is 21.8. The number of hydrogen-bond donors (Lipinski definition) is 5. The Morgan fingerprint density at radius 1 is 1.21 bits per heavy atom. The number of carbonyl (C=O) groups is 1. The number of carbonyl (C=O) groups excluding carboxylic acids is 1. The van der Waals surface area contributed by atoms with Crippen LogP contribution in [0.2, 0.25) is 0 Å². The van der Waals surface area contributed by atoms with Gasteiger partial charge in [0.05, 0.1) is 4.90 Å². The fourth-order valence-corrected chi connectivity index (χ4v) is 4.52. The van der Waals surface area contributed by atoms with Crippen LogP contribution in [0.5, 0.6) is 0 Å². The van der Waals surface area contributed by atoms with Crippen LogP contribution in [0.25, 0.3) is 0 Å². The van der Waals surface area contributed by atoms with E-state index in [-0.39, 0.29) is 11.9 Å². The number of nitrogens with one attached hydrogen (secondary N) is 4. The van der Waals surface area contributed by atoms with Gasteiger partial charge >= 0.3 is 0 Å². The SMILES string of the molecule is CC(=O)NCc1cccc(Nc2nc(Nc3ccc(C4CCCN4)c(S(=O)O)c3)ncc2C)c1. The number of rotatable bonds is 8. The van der Waals surface area contributed by atoms with Crippen LogP contribution < -0.4 is 21.3 Å². The molecule has 0 spiro atoms. The third-order valence-corrected chi connectivity index (χ3v) is 6.33. The van der Waals surface area contributed by atoms with Crippen molar-refractivity contribution in [2.24, 2.45) is 0 Å². The molecule has 1 fully saturated rings. The van der Waals surface area contributed by atoms with E-state index in [2.05, 4.69) is 31.2 Å². The van der Waals surface area contributed by atoms with E-state index < -0.39 is 11.1 Å². The minimum absolute atomic E-state index is 0.0820. The van der Waals surface area contributed by atoms with E-state index in [1.807, 2.05) is 43.3 Å². The van der Waals surface area contributed by atoms with E-state index in [1.54, 1.807) is 12.3 Å². The highest BCUT2D eigenvalue weighted by atomic mass is 32.2. The first-order valence-corrected chi connectivity index (χ1v) is 12.2. The number of aryl methyl sites for hydroxylation is 1. The van der Waals surface area contributed by atoms with Gasteiger partial charge in [-0.15, -0.1) is 0 Å². The van der Waals surface area contributed by atoms with Crippen LogP contribution in [0, 0.1) is 6.92 Å². The summed E-state index contributed by atoms with van der Waals surface area (Å²) in [4.78, 5) is 20.5. The van der Waals surface area contributed by atoms with Gasteiger partial charge in [0.25, 0.3) is 0 Å². The lowest BCUT2D eigenvalue weighted by Gasteiger charge is -2.16. The molecule has 1 amide bonds. The second kappa shape index (κ2) is 10.7. The quantitative estimate of drug-likeness (QED) is 0.307. The zero-order valence-corrected chi connectivity index (χ0v) is 19.9. The zero-order chi connectivity index (χ0) is 24.1. The summed E-state index contributed by atoms with van der Waals surface area (Å²) >= 11 is -2.11. The Hall–Kier alpha value is -3.34. The minimum atomic E-state index is -2.11. The lowest BCUT2D eigenvalue weighted by molar-refractivity contribution is -0.119. The average molecular weight is 481 g/mol. The van der Waals surface area contributed by atoms with Crippen molar-refractivity contribution in [2.75, 3.05) is 17.2 Å². The molecular formula is C24H28N6O3S. The predicted molar refractivity (Wildman–Crippen MR) is 133 cm³/mol. The van der Waals surface area contributed by atoms with Gasteiger partial charge in [0.2, 0.25) is 11.9 Å². The molecule has 2 unspecified atom stereocenters. The summed E-state index contributed by atoms with van der Waals surface area (Å²) in [6.07, 6.45) is 3.70. The minimum Gasteiger partial charge on any atom is -0.352 e. The van der Waals surface area contributed by atoms with Crippen LogP contribution in [0.1, 0.15) is 42.5 Å². The van der Waals surface area contributed by atoms with Crippen molar-refractivity contribution >= 4 is 40.1 Å². The highest BCUT2D eigenvalue weighted by Crippen LogP contribution is 2.30. The third kappa shape index (κ3) is 5.96. The molecule has 1 aliphatic heterocycles. The van der Waals surface area contributed by atoms with Crippen LogP contribution in [0.4, 0.5) is 23.1 Å². The van der Waals surface area contributed by atoms with Gasteiger partial charge in [-0.3, -0.25) is 4.79 Å². The van der Waals surface area contributed by atoms with Gasteiger partial charge in [-0.2, -0.15) is 4.98 Å². The Bertz CT molecular complexity index is 1210. The summed E-state index contributed by atoms with van der Waals surface area (Å²) in [6, 6.07) is 13.2. The van der Waals surface area contributed by atoms with Crippen LogP contribution in [-0.2, 0) is 22.4 Å². The topological polar surface area (TPSA) is 128 Å². The number of benzene rings is 2. The Kier molecular flexibility index (Phi) is 7.51. The molecule has 2 heterocycles. The Labute approximate surface area is 201 Å². The summed E-state index contributed by atoms with van der Waals surface area (Å²) in [7, 11) is 0. The second-order valence-electron chi connectivity index (χ2n) is 8.24. The average Bonchev–Trinajstić information content (AvgIpc) is 3.35. The Morgan fingerprint density at radius 3 is 2.76 bits per heavy atom. The van der Waals surface area contributed by atoms with Gasteiger partial charge in [-0.1, -0.05) is 18.2 Å². The molecule has 1 saturated heterocycles. The molecule has 0 bridgehead atoms. The largest absolute Gasteiger partial charge is 0.352 e. The first-order valence-electron chi connectivity index (χ1n) is 11.1. The van der Waals surface area contributed by atoms with Crippen LogP contribution in [0.15, 0.2) is 53.6 Å². The lowest BCUT2D eigenvalue weighted by atomic mass is 10.0. The summed E-state index contributed by atoms with van der Waals surface area (Å²) in [5.41, 5.74) is 4.13. The molecule has 10 heteroatoms. The Balaban J connectivity index is 1.52. The lowest BCUT2D eigenvalue weighted by Crippen LogP contribution is -2.18. The predicted octanol–water partition coefficient (Wildman–Crippen LogP) is 3.91. The van der Waals surface area contributed by atoms with Crippen molar-refractivity contribution < 1.29 is 13.6 Å². The molecule has 0 aliphatic carbocycles. The summed E-state index contributed by atoms with van der Waals surface area (Å²) in [5.74, 6) is 0.914. The summed E-state index contributed by atoms with van der Waals surface area (Å²) in [6.45, 7) is 4.75. The zero-order valence-electron chi connectivity index (χ0n) is 19.1. The van der Waals surface area contributed by atoms with E-state index in [9.17, 15) is 13.6 Å². The molecule has 0 radical (unpaired) electrons. The molecule has 5 N–H and O–H groups in total. The van der Waals surface area contributed by atoms with Gasteiger partial charge in [0.1, 0.15) is 5.82 Å². The standard InChI is InChI=1S/C24H28N6O3S/c1-15-13-27-24(30-23(15)28-18-6-3-5-17(11-18)14-26-16(2)31)29-19-8-9-20(21-7-4-10-25-21)22(12-19)34(32)33/h3,5-6,8-9,11-13,21,25H,4,7,10,14H2,1-2H3,(H,26,31)(H,32,33)(H2,27,28,29,30). The van der Waals surface area contributed by atoms with Crippen molar-refractivity contribution in [1.29, 1.82) is 0 Å². The van der Waals surface area contributed by atoms with Crippen LogP contribution in [0.3, 0.4) is 0 Å². The first-order chi connectivity index (χ1) is 16.4. The van der Waals surface area contributed by atoms with Crippen LogP contribution >= 0.6 is 0 Å². The molecular weight excluding hydrogens is 452 g/mol. The molecule has 178 valence electrons. The molecule has 34 heavy (non-hydrogen) atoms. The number of amides is 1. The van der Waals surface area contributed by atoms with Gasteiger partial charge in [-0.25, -0.2) is 9.19 Å². The molecule has 4 rings (SSSR count). The molecule has 1 aromatic heterocycles. The maximum absolute atomic E-state index is 12.0. The molecule has 9 nitrogen and oxygen atoms in total. The molecule has 2 atom stereocenters. The van der Waals surface area contributed by atoms with Gasteiger partial charge in [-0.05, 0) is 61.7 Å². The third-order valence-electron chi connectivity index (χ3n) is 5.60. The fourth-order valence-electron chi connectivity index (χ4n) is 3.88. The van der Waals surface area contributed by atoms with Crippen molar-refractivity contribution in [2.45, 2.75) is 44.2 Å². The normalized spacial score (nSPS) is 16.1. The van der Waals surface area contributed by atoms with E-state index in [4.69, 9.17) is 0 Å². The maximum Gasteiger partial charge on any atom is 0.229 e. The monoisotopic (exact) mass is 480 g/mol. The van der Waals surface area contributed by atoms with Crippen molar-refractivity contribution in [1.82, 2.24) is 20.6 Å². The fraction of sp³-hybridized carbons (Fsp3) is 0.292. The summed E-state index contributed by atoms with van der Waals surface area (Å²) in [5, 5.41) is 12.6. The highest BCUT2D eigenvalue weighted by Gasteiger charge is 2.21. The van der Waals surface area contributed by atoms with E-state index in [0.717, 1.165) is 41.8 Å².